The monoisotopic (exact) mass is 320 g/mol. The van der Waals surface area contributed by atoms with Crippen molar-refractivity contribution < 1.29 is 19.9 Å². The molecule has 0 spiro atoms. The number of anilines is 1. The second kappa shape index (κ2) is 8.31. The third kappa shape index (κ3) is 5.73. The van der Waals surface area contributed by atoms with E-state index in [2.05, 4.69) is 10.5 Å². The summed E-state index contributed by atoms with van der Waals surface area (Å²) in [5, 5.41) is 23.7. The molecule has 0 heterocycles. The first kappa shape index (κ1) is 18.7. The Hall–Kier alpha value is -2.37. The van der Waals surface area contributed by atoms with Crippen molar-refractivity contribution >= 4 is 23.3 Å². The van der Waals surface area contributed by atoms with E-state index < -0.39 is 11.4 Å². The summed E-state index contributed by atoms with van der Waals surface area (Å²) >= 11 is 0. The van der Waals surface area contributed by atoms with Gasteiger partial charge in [0.1, 0.15) is 0 Å². The van der Waals surface area contributed by atoms with Gasteiger partial charge in [-0.1, -0.05) is 44.5 Å². The summed E-state index contributed by atoms with van der Waals surface area (Å²) in [5.41, 5.74) is 1.14. The number of carboxylic acid groups (broad SMARTS) is 1. The molecule has 0 atom stereocenters. The molecular formula is C17H24N2O4. The average Bonchev–Trinajstić information content (AvgIpc) is 2.49. The molecule has 0 aliphatic rings. The number of nitrogens with one attached hydrogen (secondary N) is 1. The van der Waals surface area contributed by atoms with Gasteiger partial charge in [-0.05, 0) is 24.1 Å². The Morgan fingerprint density at radius 1 is 1.17 bits per heavy atom. The quantitative estimate of drug-likeness (QED) is 0.388. The van der Waals surface area contributed by atoms with Gasteiger partial charge in [-0.3, -0.25) is 9.59 Å². The molecule has 0 radical (unpaired) electrons. The number of carboxylic acids is 1. The van der Waals surface area contributed by atoms with E-state index in [-0.39, 0.29) is 18.7 Å². The second-order valence-electron chi connectivity index (χ2n) is 6.11. The van der Waals surface area contributed by atoms with E-state index in [9.17, 15) is 9.59 Å². The molecule has 0 unspecified atom stereocenters. The molecule has 1 aromatic carbocycles. The first-order valence-corrected chi connectivity index (χ1v) is 7.64. The van der Waals surface area contributed by atoms with Crippen LogP contribution in [-0.4, -0.2) is 27.9 Å². The van der Waals surface area contributed by atoms with Crippen LogP contribution in [0.3, 0.4) is 0 Å². The van der Waals surface area contributed by atoms with E-state index in [1.54, 1.807) is 24.3 Å². The van der Waals surface area contributed by atoms with Gasteiger partial charge < -0.3 is 15.6 Å². The van der Waals surface area contributed by atoms with Crippen LogP contribution in [0.4, 0.5) is 5.69 Å². The lowest BCUT2D eigenvalue weighted by atomic mass is 9.87. The molecule has 1 rings (SSSR count). The van der Waals surface area contributed by atoms with Crippen molar-refractivity contribution in [3.8, 4) is 0 Å². The van der Waals surface area contributed by atoms with Crippen LogP contribution in [-0.2, 0) is 9.59 Å². The van der Waals surface area contributed by atoms with Crippen LogP contribution in [0, 0.1) is 5.41 Å². The summed E-state index contributed by atoms with van der Waals surface area (Å²) in [6.07, 6.45) is 1.76. The molecule has 0 aliphatic heterocycles. The molecule has 6 heteroatoms. The Morgan fingerprint density at radius 2 is 1.78 bits per heavy atom. The molecule has 1 aromatic rings. The molecule has 0 aliphatic carbocycles. The van der Waals surface area contributed by atoms with Crippen LogP contribution in [0.1, 0.15) is 52.0 Å². The fraction of sp³-hybridized carbons (Fsp3) is 0.471. The Kier molecular flexibility index (Phi) is 6.75. The van der Waals surface area contributed by atoms with Crippen molar-refractivity contribution in [3.63, 3.8) is 0 Å². The number of oxime groups is 1. The van der Waals surface area contributed by atoms with Crippen molar-refractivity contribution in [1.82, 2.24) is 0 Å². The predicted molar refractivity (Wildman–Crippen MR) is 89.0 cm³/mol. The van der Waals surface area contributed by atoms with Crippen LogP contribution in [0.15, 0.2) is 29.4 Å². The summed E-state index contributed by atoms with van der Waals surface area (Å²) in [4.78, 5) is 22.8. The van der Waals surface area contributed by atoms with Crippen LogP contribution in [0.2, 0.25) is 0 Å². The minimum atomic E-state index is -0.951. The third-order valence-electron chi connectivity index (χ3n) is 3.66. The zero-order valence-electron chi connectivity index (χ0n) is 13.8. The van der Waals surface area contributed by atoms with Crippen molar-refractivity contribution in [1.29, 1.82) is 0 Å². The van der Waals surface area contributed by atoms with Crippen LogP contribution in [0.5, 0.6) is 0 Å². The standard InChI is InChI=1S/C17H24N2O4/c1-4-11-17(2,3)16(22)18-13-7-5-12(6-8-13)14(19-23)9-10-15(20)21/h5-8,23H,4,9-11H2,1-3H3,(H,18,22)(H,20,21)/b19-14+. The molecule has 3 N–H and O–H groups in total. The first-order valence-electron chi connectivity index (χ1n) is 7.64. The van der Waals surface area contributed by atoms with Gasteiger partial charge >= 0.3 is 5.97 Å². The van der Waals surface area contributed by atoms with Crippen molar-refractivity contribution in [2.75, 3.05) is 5.32 Å². The predicted octanol–water partition coefficient (Wildman–Crippen LogP) is 3.49. The second-order valence-corrected chi connectivity index (χ2v) is 6.11. The van der Waals surface area contributed by atoms with Gasteiger partial charge in [0.25, 0.3) is 0 Å². The van der Waals surface area contributed by atoms with Gasteiger partial charge in [0.05, 0.1) is 12.1 Å². The van der Waals surface area contributed by atoms with Gasteiger partial charge in [0.2, 0.25) is 5.91 Å². The molecular weight excluding hydrogens is 296 g/mol. The Balaban J connectivity index is 2.76. The maximum Gasteiger partial charge on any atom is 0.303 e. The Bertz CT molecular complexity index is 577. The minimum Gasteiger partial charge on any atom is -0.481 e. The van der Waals surface area contributed by atoms with Crippen molar-refractivity contribution in [2.24, 2.45) is 10.6 Å². The number of rotatable bonds is 8. The summed E-state index contributed by atoms with van der Waals surface area (Å²) in [6.45, 7) is 5.85. The zero-order valence-corrected chi connectivity index (χ0v) is 13.8. The lowest BCUT2D eigenvalue weighted by Gasteiger charge is -2.22. The molecule has 0 fully saturated rings. The molecule has 126 valence electrons. The number of carbonyl (C=O) groups excluding carboxylic acids is 1. The average molecular weight is 320 g/mol. The number of aliphatic carboxylic acids is 1. The normalized spacial score (nSPS) is 12.0. The number of hydrogen-bond donors (Lipinski definition) is 3. The summed E-state index contributed by atoms with van der Waals surface area (Å²) < 4.78 is 0. The maximum atomic E-state index is 12.2. The lowest BCUT2D eigenvalue weighted by Crippen LogP contribution is -2.30. The lowest BCUT2D eigenvalue weighted by molar-refractivity contribution is -0.136. The zero-order chi connectivity index (χ0) is 17.5. The fourth-order valence-electron chi connectivity index (χ4n) is 2.26. The van der Waals surface area contributed by atoms with Gasteiger partial charge in [0.15, 0.2) is 0 Å². The van der Waals surface area contributed by atoms with Gasteiger partial charge in [-0.2, -0.15) is 0 Å². The van der Waals surface area contributed by atoms with Crippen LogP contribution >= 0.6 is 0 Å². The Labute approximate surface area is 136 Å². The number of amides is 1. The van der Waals surface area contributed by atoms with Crippen LogP contribution in [0.25, 0.3) is 0 Å². The van der Waals surface area contributed by atoms with E-state index in [0.29, 0.717) is 17.0 Å². The van der Waals surface area contributed by atoms with Gasteiger partial charge in [-0.15, -0.1) is 0 Å². The number of benzene rings is 1. The van der Waals surface area contributed by atoms with Crippen LogP contribution < -0.4 is 5.32 Å². The Morgan fingerprint density at radius 3 is 2.26 bits per heavy atom. The summed E-state index contributed by atoms with van der Waals surface area (Å²) in [6, 6.07) is 6.81. The molecule has 1 amide bonds. The summed E-state index contributed by atoms with van der Waals surface area (Å²) in [7, 11) is 0. The highest BCUT2D eigenvalue weighted by molar-refractivity contribution is 6.02. The van der Waals surface area contributed by atoms with E-state index in [1.165, 1.54) is 0 Å². The maximum absolute atomic E-state index is 12.2. The largest absolute Gasteiger partial charge is 0.481 e. The topological polar surface area (TPSA) is 99.0 Å². The van der Waals surface area contributed by atoms with E-state index >= 15 is 0 Å². The van der Waals surface area contributed by atoms with Crippen molar-refractivity contribution in [3.05, 3.63) is 29.8 Å². The smallest absolute Gasteiger partial charge is 0.303 e. The minimum absolute atomic E-state index is 0.0472. The molecule has 0 bridgehead atoms. The fourth-order valence-corrected chi connectivity index (χ4v) is 2.26. The SMILES string of the molecule is CCCC(C)(C)C(=O)Nc1ccc(/C(CCC(=O)O)=N/O)cc1. The first-order chi connectivity index (χ1) is 10.8. The van der Waals surface area contributed by atoms with Gasteiger partial charge in [0, 0.05) is 17.5 Å². The molecule has 0 saturated heterocycles. The highest BCUT2D eigenvalue weighted by Crippen LogP contribution is 2.24. The van der Waals surface area contributed by atoms with E-state index in [0.717, 1.165) is 12.8 Å². The highest BCUT2D eigenvalue weighted by atomic mass is 16.4. The summed E-state index contributed by atoms with van der Waals surface area (Å²) in [5.74, 6) is -0.998. The van der Waals surface area contributed by atoms with E-state index in [1.807, 2.05) is 20.8 Å². The molecule has 0 aromatic heterocycles. The molecule has 23 heavy (non-hydrogen) atoms. The van der Waals surface area contributed by atoms with Gasteiger partial charge in [-0.25, -0.2) is 0 Å². The molecule has 6 nitrogen and oxygen atoms in total. The van der Waals surface area contributed by atoms with Crippen molar-refractivity contribution in [2.45, 2.75) is 46.5 Å². The number of hydrogen-bond acceptors (Lipinski definition) is 4. The molecule has 0 saturated carbocycles. The van der Waals surface area contributed by atoms with E-state index in [4.69, 9.17) is 10.3 Å². The third-order valence-corrected chi connectivity index (χ3v) is 3.66. The highest BCUT2D eigenvalue weighted by Gasteiger charge is 2.26. The number of carbonyl (C=O) groups is 2. The number of nitrogens with zero attached hydrogens (tertiary/aromatic N) is 1.